The molecular formula is C17H24N2O3. The molecule has 2 aliphatic rings. The molecule has 0 radical (unpaired) electrons. The van der Waals surface area contributed by atoms with Gasteiger partial charge in [0.1, 0.15) is 0 Å². The summed E-state index contributed by atoms with van der Waals surface area (Å²) in [5.74, 6) is 0.553. The first-order valence-electron chi connectivity index (χ1n) is 8.12. The van der Waals surface area contributed by atoms with Gasteiger partial charge < -0.3 is 19.7 Å². The zero-order valence-corrected chi connectivity index (χ0v) is 12.9. The van der Waals surface area contributed by atoms with Crippen LogP contribution < -0.4 is 10.2 Å². The molecule has 0 aliphatic carbocycles. The van der Waals surface area contributed by atoms with Crippen LogP contribution in [0.4, 0.5) is 11.4 Å². The van der Waals surface area contributed by atoms with Gasteiger partial charge in [-0.1, -0.05) is 12.1 Å². The number of carbonyl (C=O) groups is 1. The number of hydrogen-bond acceptors (Lipinski definition) is 4. The minimum absolute atomic E-state index is 0.104. The Bertz CT molecular complexity index is 494. The van der Waals surface area contributed by atoms with Crippen LogP contribution >= 0.6 is 0 Å². The second-order valence-corrected chi connectivity index (χ2v) is 5.92. The van der Waals surface area contributed by atoms with E-state index in [0.29, 0.717) is 12.3 Å². The zero-order valence-electron chi connectivity index (χ0n) is 12.9. The molecule has 2 saturated heterocycles. The van der Waals surface area contributed by atoms with Crippen molar-refractivity contribution in [3.8, 4) is 0 Å². The largest absolute Gasteiger partial charge is 0.381 e. The van der Waals surface area contributed by atoms with Gasteiger partial charge in [0.2, 0.25) is 5.91 Å². The molecule has 1 N–H and O–H groups in total. The highest BCUT2D eigenvalue weighted by molar-refractivity contribution is 5.94. The summed E-state index contributed by atoms with van der Waals surface area (Å²) in [5, 5.41) is 3.09. The maximum absolute atomic E-state index is 12.3. The van der Waals surface area contributed by atoms with Crippen molar-refractivity contribution in [2.24, 2.45) is 5.92 Å². The lowest BCUT2D eigenvalue weighted by atomic mass is 9.96. The van der Waals surface area contributed by atoms with Crippen LogP contribution in [-0.4, -0.2) is 45.4 Å². The van der Waals surface area contributed by atoms with Crippen molar-refractivity contribution in [3.63, 3.8) is 0 Å². The van der Waals surface area contributed by atoms with E-state index in [1.54, 1.807) is 0 Å². The number of hydrogen-bond donors (Lipinski definition) is 1. The number of ether oxygens (including phenoxy) is 2. The molecule has 3 rings (SSSR count). The molecule has 0 bridgehead atoms. The molecule has 0 spiro atoms. The minimum atomic E-state index is 0.104. The number of carbonyl (C=O) groups excluding carboxylic acids is 1. The SMILES string of the molecule is O=C(CC1CCOCC1)Nc1ccccc1N1CCOCC1. The first-order valence-corrected chi connectivity index (χ1v) is 8.12. The third kappa shape index (κ3) is 3.99. The lowest BCUT2D eigenvalue weighted by Gasteiger charge is -2.30. The minimum Gasteiger partial charge on any atom is -0.381 e. The Morgan fingerprint density at radius 3 is 2.55 bits per heavy atom. The molecule has 0 unspecified atom stereocenters. The Hall–Kier alpha value is -1.59. The van der Waals surface area contributed by atoms with Gasteiger partial charge in [0, 0.05) is 32.7 Å². The fourth-order valence-corrected chi connectivity index (χ4v) is 3.07. The maximum atomic E-state index is 12.3. The van der Waals surface area contributed by atoms with Crippen molar-refractivity contribution < 1.29 is 14.3 Å². The van der Waals surface area contributed by atoms with Crippen molar-refractivity contribution >= 4 is 17.3 Å². The van der Waals surface area contributed by atoms with Crippen LogP contribution in [0.25, 0.3) is 0 Å². The number of rotatable bonds is 4. The van der Waals surface area contributed by atoms with E-state index in [1.165, 1.54) is 0 Å². The summed E-state index contributed by atoms with van der Waals surface area (Å²) < 4.78 is 10.7. The molecule has 1 aromatic rings. The molecule has 1 amide bonds. The Morgan fingerprint density at radius 1 is 1.09 bits per heavy atom. The van der Waals surface area contributed by atoms with Gasteiger partial charge in [-0.15, -0.1) is 0 Å². The van der Waals surface area contributed by atoms with Crippen LogP contribution in [0.1, 0.15) is 19.3 Å². The van der Waals surface area contributed by atoms with Crippen molar-refractivity contribution in [2.75, 3.05) is 49.7 Å². The Kier molecular flexibility index (Phi) is 5.29. The van der Waals surface area contributed by atoms with Gasteiger partial charge in [-0.05, 0) is 30.9 Å². The van der Waals surface area contributed by atoms with E-state index in [0.717, 1.165) is 63.7 Å². The monoisotopic (exact) mass is 304 g/mol. The number of morpholine rings is 1. The normalized spacial score (nSPS) is 19.9. The summed E-state index contributed by atoms with van der Waals surface area (Å²) >= 11 is 0. The average molecular weight is 304 g/mol. The van der Waals surface area contributed by atoms with E-state index < -0.39 is 0 Å². The molecule has 120 valence electrons. The Balaban J connectivity index is 1.62. The maximum Gasteiger partial charge on any atom is 0.224 e. The van der Waals surface area contributed by atoms with Crippen LogP contribution in [-0.2, 0) is 14.3 Å². The van der Waals surface area contributed by atoms with Gasteiger partial charge in [0.25, 0.3) is 0 Å². The second kappa shape index (κ2) is 7.61. The van der Waals surface area contributed by atoms with E-state index in [1.807, 2.05) is 18.2 Å². The number of nitrogens with zero attached hydrogens (tertiary/aromatic N) is 1. The molecule has 1 aromatic carbocycles. The third-order valence-corrected chi connectivity index (χ3v) is 4.34. The van der Waals surface area contributed by atoms with Crippen LogP contribution in [0.15, 0.2) is 24.3 Å². The van der Waals surface area contributed by atoms with Crippen LogP contribution in [0.5, 0.6) is 0 Å². The highest BCUT2D eigenvalue weighted by Gasteiger charge is 2.19. The van der Waals surface area contributed by atoms with Gasteiger partial charge in [0.15, 0.2) is 0 Å². The van der Waals surface area contributed by atoms with Gasteiger partial charge >= 0.3 is 0 Å². The Labute approximate surface area is 131 Å². The molecule has 0 aromatic heterocycles. The molecule has 5 nitrogen and oxygen atoms in total. The molecular weight excluding hydrogens is 280 g/mol. The van der Waals surface area contributed by atoms with Crippen molar-refractivity contribution in [1.82, 2.24) is 0 Å². The lowest BCUT2D eigenvalue weighted by molar-refractivity contribution is -0.117. The highest BCUT2D eigenvalue weighted by Crippen LogP contribution is 2.27. The number of amides is 1. The van der Waals surface area contributed by atoms with Crippen molar-refractivity contribution in [2.45, 2.75) is 19.3 Å². The van der Waals surface area contributed by atoms with E-state index >= 15 is 0 Å². The molecule has 22 heavy (non-hydrogen) atoms. The highest BCUT2D eigenvalue weighted by atomic mass is 16.5. The Morgan fingerprint density at radius 2 is 1.77 bits per heavy atom. The first kappa shape index (κ1) is 15.3. The summed E-state index contributed by atoms with van der Waals surface area (Å²) in [7, 11) is 0. The molecule has 2 fully saturated rings. The predicted octanol–water partition coefficient (Wildman–Crippen LogP) is 2.28. The standard InChI is InChI=1S/C17H24N2O3/c20-17(13-14-5-9-21-10-6-14)18-15-3-1-2-4-16(15)19-7-11-22-12-8-19/h1-4,14H,5-13H2,(H,18,20). The van der Waals surface area contributed by atoms with Crippen molar-refractivity contribution in [1.29, 1.82) is 0 Å². The van der Waals surface area contributed by atoms with Crippen LogP contribution in [0, 0.1) is 5.92 Å². The summed E-state index contributed by atoms with van der Waals surface area (Å²) in [6.45, 7) is 4.78. The van der Waals surface area contributed by atoms with Gasteiger partial charge in [-0.3, -0.25) is 4.79 Å². The van der Waals surface area contributed by atoms with Crippen LogP contribution in [0.2, 0.25) is 0 Å². The first-order chi connectivity index (χ1) is 10.8. The summed E-state index contributed by atoms with van der Waals surface area (Å²) in [6, 6.07) is 8.02. The summed E-state index contributed by atoms with van der Waals surface area (Å²) in [6.07, 6.45) is 2.55. The van der Waals surface area contributed by atoms with E-state index in [-0.39, 0.29) is 5.91 Å². The number of anilines is 2. The lowest BCUT2D eigenvalue weighted by Crippen LogP contribution is -2.36. The van der Waals surface area contributed by atoms with Gasteiger partial charge in [-0.2, -0.15) is 0 Å². The molecule has 5 heteroatoms. The number of para-hydroxylation sites is 2. The quantitative estimate of drug-likeness (QED) is 0.927. The molecule has 0 saturated carbocycles. The summed E-state index contributed by atoms with van der Waals surface area (Å²) in [4.78, 5) is 14.6. The second-order valence-electron chi connectivity index (χ2n) is 5.92. The van der Waals surface area contributed by atoms with Crippen molar-refractivity contribution in [3.05, 3.63) is 24.3 Å². The molecule has 0 atom stereocenters. The number of benzene rings is 1. The number of nitrogens with one attached hydrogen (secondary N) is 1. The fraction of sp³-hybridized carbons (Fsp3) is 0.588. The average Bonchev–Trinajstić information content (AvgIpc) is 2.57. The third-order valence-electron chi connectivity index (χ3n) is 4.34. The molecule has 2 heterocycles. The fourth-order valence-electron chi connectivity index (χ4n) is 3.07. The van der Waals surface area contributed by atoms with Crippen LogP contribution in [0.3, 0.4) is 0 Å². The topological polar surface area (TPSA) is 50.8 Å². The van der Waals surface area contributed by atoms with E-state index in [4.69, 9.17) is 9.47 Å². The van der Waals surface area contributed by atoms with E-state index in [9.17, 15) is 4.79 Å². The smallest absolute Gasteiger partial charge is 0.224 e. The van der Waals surface area contributed by atoms with Gasteiger partial charge in [-0.25, -0.2) is 0 Å². The molecule has 2 aliphatic heterocycles. The van der Waals surface area contributed by atoms with Gasteiger partial charge in [0.05, 0.1) is 24.6 Å². The van der Waals surface area contributed by atoms with E-state index in [2.05, 4.69) is 16.3 Å². The zero-order chi connectivity index (χ0) is 15.2. The predicted molar refractivity (Wildman–Crippen MR) is 86.3 cm³/mol. The summed E-state index contributed by atoms with van der Waals surface area (Å²) in [5.41, 5.74) is 1.99.